The molecule has 0 unspecified atom stereocenters. The highest BCUT2D eigenvalue weighted by molar-refractivity contribution is 6.31. The van der Waals surface area contributed by atoms with E-state index in [2.05, 4.69) is 15.5 Å². The number of rotatable bonds is 3. The molecule has 2 amide bonds. The number of methoxy groups -OCH3 is 1. The van der Waals surface area contributed by atoms with Gasteiger partial charge < -0.3 is 15.4 Å². The van der Waals surface area contributed by atoms with Crippen LogP contribution in [0.5, 0.6) is 5.75 Å². The van der Waals surface area contributed by atoms with Gasteiger partial charge in [-0.3, -0.25) is 14.5 Å². The molecule has 0 aliphatic carbocycles. The first kappa shape index (κ1) is 18.5. The Balaban J connectivity index is 1.57. The van der Waals surface area contributed by atoms with E-state index in [1.165, 1.54) is 0 Å². The van der Waals surface area contributed by atoms with Gasteiger partial charge in [-0.1, -0.05) is 29.8 Å². The van der Waals surface area contributed by atoms with Gasteiger partial charge in [-0.25, -0.2) is 0 Å². The van der Waals surface area contributed by atoms with Crippen LogP contribution in [0.25, 0.3) is 0 Å². The summed E-state index contributed by atoms with van der Waals surface area (Å²) in [4.78, 5) is 29.1. The topological polar surface area (TPSA) is 70.7 Å². The minimum atomic E-state index is -0.965. The third-order valence-corrected chi connectivity index (χ3v) is 6.75. The molecule has 6 nitrogen and oxygen atoms in total. The standard InChI is InChI=1S/C22H22ClN3O3/c1-29-19-9-8-13(23)11-18(19)24-20(27)16-12-14-5-4-10-26(14)22(16)15-6-2-3-7-17(15)25-21(22)28/h2-3,6-9,11,14,16H,4-5,10,12H2,1H3,(H,24,27)(H,25,28)/t14-,16-,22+/m0/s1. The maximum atomic E-state index is 13.5. The molecule has 29 heavy (non-hydrogen) atoms. The second-order valence-corrected chi connectivity index (χ2v) is 8.31. The van der Waals surface area contributed by atoms with Crippen LogP contribution in [0.3, 0.4) is 0 Å². The van der Waals surface area contributed by atoms with E-state index in [9.17, 15) is 9.59 Å². The molecule has 0 radical (unpaired) electrons. The highest BCUT2D eigenvalue weighted by Crippen LogP contribution is 2.55. The van der Waals surface area contributed by atoms with Crippen LogP contribution in [-0.4, -0.2) is 36.4 Å². The fourth-order valence-electron chi connectivity index (χ4n) is 5.38. The number of carbonyl (C=O) groups is 2. The lowest BCUT2D eigenvalue weighted by molar-refractivity contribution is -0.135. The number of ether oxygens (including phenoxy) is 1. The summed E-state index contributed by atoms with van der Waals surface area (Å²) in [7, 11) is 1.55. The predicted molar refractivity (Wildman–Crippen MR) is 111 cm³/mol. The number of amides is 2. The molecule has 3 heterocycles. The first-order valence-corrected chi connectivity index (χ1v) is 10.3. The zero-order valence-electron chi connectivity index (χ0n) is 16.1. The molecule has 3 aliphatic rings. The van der Waals surface area contributed by atoms with Crippen molar-refractivity contribution in [1.29, 1.82) is 0 Å². The molecule has 0 bridgehead atoms. The van der Waals surface area contributed by atoms with Crippen LogP contribution in [0.1, 0.15) is 24.8 Å². The Morgan fingerprint density at radius 1 is 1.31 bits per heavy atom. The number of benzene rings is 2. The zero-order valence-corrected chi connectivity index (χ0v) is 16.8. The summed E-state index contributed by atoms with van der Waals surface area (Å²) in [6, 6.07) is 13.0. The molecular formula is C22H22ClN3O3. The molecule has 2 aromatic carbocycles. The molecule has 150 valence electrons. The lowest BCUT2D eigenvalue weighted by atomic mass is 9.78. The molecular weight excluding hydrogens is 390 g/mol. The summed E-state index contributed by atoms with van der Waals surface area (Å²) in [5.74, 6) is -0.264. The number of nitrogens with zero attached hydrogens (tertiary/aromatic N) is 1. The van der Waals surface area contributed by atoms with Crippen LogP contribution in [0, 0.1) is 5.92 Å². The molecule has 1 spiro atoms. The highest BCUT2D eigenvalue weighted by atomic mass is 35.5. The van der Waals surface area contributed by atoms with Gasteiger partial charge in [0.15, 0.2) is 0 Å². The molecule has 5 rings (SSSR count). The van der Waals surface area contributed by atoms with Gasteiger partial charge in [-0.2, -0.15) is 0 Å². The van der Waals surface area contributed by atoms with Gasteiger partial charge in [-0.05, 0) is 50.1 Å². The Morgan fingerprint density at radius 2 is 2.14 bits per heavy atom. The van der Waals surface area contributed by atoms with Crippen molar-refractivity contribution in [1.82, 2.24) is 4.90 Å². The van der Waals surface area contributed by atoms with Crippen LogP contribution in [0.2, 0.25) is 5.02 Å². The maximum absolute atomic E-state index is 13.5. The van der Waals surface area contributed by atoms with Crippen molar-refractivity contribution in [3.8, 4) is 5.75 Å². The van der Waals surface area contributed by atoms with Crippen LogP contribution in [-0.2, 0) is 15.1 Å². The monoisotopic (exact) mass is 411 g/mol. The van der Waals surface area contributed by atoms with Crippen molar-refractivity contribution in [3.63, 3.8) is 0 Å². The minimum absolute atomic E-state index is 0.110. The third kappa shape index (κ3) is 2.59. The van der Waals surface area contributed by atoms with Crippen molar-refractivity contribution in [2.45, 2.75) is 30.8 Å². The lowest BCUT2D eigenvalue weighted by Crippen LogP contribution is -2.53. The Hall–Kier alpha value is -2.57. The number of para-hydroxylation sites is 1. The fraction of sp³-hybridized carbons (Fsp3) is 0.364. The number of nitrogens with one attached hydrogen (secondary N) is 2. The quantitative estimate of drug-likeness (QED) is 0.809. The smallest absolute Gasteiger partial charge is 0.250 e. The average Bonchev–Trinajstić information content (AvgIpc) is 3.36. The minimum Gasteiger partial charge on any atom is -0.495 e. The van der Waals surface area contributed by atoms with E-state index >= 15 is 0 Å². The van der Waals surface area contributed by atoms with E-state index in [0.29, 0.717) is 22.9 Å². The third-order valence-electron chi connectivity index (χ3n) is 6.51. The largest absolute Gasteiger partial charge is 0.495 e. The van der Waals surface area contributed by atoms with E-state index in [-0.39, 0.29) is 17.9 Å². The highest BCUT2D eigenvalue weighted by Gasteiger charge is 2.65. The summed E-state index contributed by atoms with van der Waals surface area (Å²) in [5, 5.41) is 6.50. The summed E-state index contributed by atoms with van der Waals surface area (Å²) >= 11 is 6.13. The first-order chi connectivity index (χ1) is 14.1. The molecule has 2 fully saturated rings. The molecule has 3 aliphatic heterocycles. The van der Waals surface area contributed by atoms with Gasteiger partial charge in [0.25, 0.3) is 0 Å². The number of hydrogen-bond donors (Lipinski definition) is 2. The van der Waals surface area contributed by atoms with E-state index in [1.54, 1.807) is 25.3 Å². The lowest BCUT2D eigenvalue weighted by Gasteiger charge is -2.36. The molecule has 0 aromatic heterocycles. The predicted octanol–water partition coefficient (Wildman–Crippen LogP) is 3.62. The van der Waals surface area contributed by atoms with Gasteiger partial charge in [0.2, 0.25) is 11.8 Å². The van der Waals surface area contributed by atoms with E-state index < -0.39 is 11.5 Å². The van der Waals surface area contributed by atoms with Crippen LogP contribution in [0.15, 0.2) is 42.5 Å². The Morgan fingerprint density at radius 3 is 2.97 bits per heavy atom. The van der Waals surface area contributed by atoms with Crippen molar-refractivity contribution in [2.24, 2.45) is 5.92 Å². The van der Waals surface area contributed by atoms with Gasteiger partial charge in [0, 0.05) is 22.3 Å². The van der Waals surface area contributed by atoms with Gasteiger partial charge in [0.1, 0.15) is 11.3 Å². The summed E-state index contributed by atoms with van der Waals surface area (Å²) in [6.07, 6.45) is 2.69. The SMILES string of the molecule is COc1ccc(Cl)cc1NC(=O)[C@@H]1C[C@@H]2CCCN2[C@@]12C(=O)Nc1ccccc12. The molecule has 3 atom stereocenters. The normalized spacial score (nSPS) is 27.6. The van der Waals surface area contributed by atoms with Gasteiger partial charge >= 0.3 is 0 Å². The van der Waals surface area contributed by atoms with Crippen LogP contribution >= 0.6 is 11.6 Å². The molecule has 2 saturated heterocycles. The van der Waals surface area contributed by atoms with Crippen molar-refractivity contribution >= 4 is 34.8 Å². The molecule has 0 saturated carbocycles. The van der Waals surface area contributed by atoms with Gasteiger partial charge in [0.05, 0.1) is 18.7 Å². The van der Waals surface area contributed by atoms with Crippen LogP contribution < -0.4 is 15.4 Å². The Labute approximate surface area is 174 Å². The second-order valence-electron chi connectivity index (χ2n) is 7.88. The van der Waals surface area contributed by atoms with E-state index in [0.717, 1.165) is 30.6 Å². The second kappa shape index (κ2) is 6.75. The van der Waals surface area contributed by atoms with Crippen LogP contribution in [0.4, 0.5) is 11.4 Å². The fourth-order valence-corrected chi connectivity index (χ4v) is 5.55. The summed E-state index contributed by atoms with van der Waals surface area (Å²) in [6.45, 7) is 0.816. The van der Waals surface area contributed by atoms with Crippen molar-refractivity contribution < 1.29 is 14.3 Å². The summed E-state index contributed by atoms with van der Waals surface area (Å²) < 4.78 is 5.37. The van der Waals surface area contributed by atoms with E-state index in [4.69, 9.17) is 16.3 Å². The maximum Gasteiger partial charge on any atom is 0.250 e. The average molecular weight is 412 g/mol. The van der Waals surface area contributed by atoms with Gasteiger partial charge in [-0.15, -0.1) is 0 Å². The van der Waals surface area contributed by atoms with Crippen molar-refractivity contribution in [3.05, 3.63) is 53.1 Å². The molecule has 2 aromatic rings. The van der Waals surface area contributed by atoms with E-state index in [1.807, 2.05) is 24.3 Å². The zero-order chi connectivity index (χ0) is 20.2. The molecule has 7 heteroatoms. The Bertz CT molecular complexity index is 1010. The number of hydrogen-bond acceptors (Lipinski definition) is 4. The number of halogens is 1. The number of fused-ring (bicyclic) bond motifs is 4. The number of carbonyl (C=O) groups excluding carboxylic acids is 2. The molecule has 2 N–H and O–H groups in total. The number of anilines is 2. The first-order valence-electron chi connectivity index (χ1n) is 9.88. The Kier molecular flexibility index (Phi) is 4.29. The van der Waals surface area contributed by atoms with Crippen molar-refractivity contribution in [2.75, 3.05) is 24.3 Å². The summed E-state index contributed by atoms with van der Waals surface area (Å²) in [5.41, 5.74) is 1.24.